The van der Waals surface area contributed by atoms with E-state index in [1.54, 1.807) is 14.7 Å². The minimum atomic E-state index is -3.91. The van der Waals surface area contributed by atoms with E-state index in [0.717, 1.165) is 67.4 Å². The Hall–Kier alpha value is -11.6. The molecule has 4 amide bonds. The Balaban J connectivity index is 0.000000149. The number of halogens is 17. The van der Waals surface area contributed by atoms with Crippen LogP contribution in [0.2, 0.25) is 0 Å². The number of alkyl halides is 8. The van der Waals surface area contributed by atoms with Crippen molar-refractivity contribution in [3.63, 3.8) is 0 Å². The van der Waals surface area contributed by atoms with Crippen LogP contribution in [0.15, 0.2) is 189 Å². The van der Waals surface area contributed by atoms with Crippen LogP contribution in [0.5, 0.6) is 0 Å². The average Bonchev–Trinajstić information content (AvgIpc) is 1.75. The lowest BCUT2D eigenvalue weighted by atomic mass is 9.81. The first-order chi connectivity index (χ1) is 61.7. The van der Waals surface area contributed by atoms with Crippen molar-refractivity contribution in [1.29, 1.82) is 0 Å². The van der Waals surface area contributed by atoms with Crippen LogP contribution in [-0.2, 0) is 23.7 Å². The van der Waals surface area contributed by atoms with E-state index in [-0.39, 0.29) is 88.0 Å². The van der Waals surface area contributed by atoms with Gasteiger partial charge in [-0.1, -0.05) is 26.3 Å². The minimum absolute atomic E-state index is 0.129. The molecule has 8 aromatic rings. The van der Waals surface area contributed by atoms with Crippen LogP contribution >= 0.6 is 0 Å². The van der Waals surface area contributed by atoms with E-state index in [0.29, 0.717) is 143 Å². The smallest absolute Gasteiger partial charge is 0.314 e. The van der Waals surface area contributed by atoms with Crippen LogP contribution in [0, 0.1) is 80.0 Å². The predicted octanol–water partition coefficient (Wildman–Crippen LogP) is 21.4. The molecular formula is C98H99F17N8O8. The molecule has 12 atom stereocenters. The fourth-order valence-electron chi connectivity index (χ4n) is 19.4. The number of rotatable bonds is 20. The fourth-order valence-corrected chi connectivity index (χ4v) is 19.4. The maximum atomic E-state index is 15.5. The number of nitrogens with one attached hydrogen (secondary N) is 4. The average molecular weight is 1840 g/mol. The fraction of sp³-hybridized carbons (Fsp3) is 0.388. The van der Waals surface area contributed by atoms with Crippen molar-refractivity contribution in [3.05, 3.63) is 308 Å². The van der Waals surface area contributed by atoms with Crippen LogP contribution in [0.1, 0.15) is 202 Å². The van der Waals surface area contributed by atoms with Gasteiger partial charge in [0.05, 0.1) is 69.5 Å². The third-order valence-corrected chi connectivity index (χ3v) is 26.0. The number of benzene rings is 8. The highest BCUT2D eigenvalue weighted by atomic mass is 19.3. The summed E-state index contributed by atoms with van der Waals surface area (Å²) in [5.74, 6) is -26.2. The molecule has 8 aliphatic rings. The Morgan fingerprint density at radius 1 is 0.298 bits per heavy atom. The summed E-state index contributed by atoms with van der Waals surface area (Å²) in [6, 6.07) is 22.0. The summed E-state index contributed by atoms with van der Waals surface area (Å²) in [5, 5.41) is 49.8. The van der Waals surface area contributed by atoms with Gasteiger partial charge in [-0.15, -0.1) is 0 Å². The molecule has 0 radical (unpaired) electrons. The van der Waals surface area contributed by atoms with Gasteiger partial charge >= 0.3 is 23.7 Å². The molecule has 8 saturated heterocycles. The number of hydrogen-bond acceptors (Lipinski definition) is 12. The third-order valence-electron chi connectivity index (χ3n) is 26.0. The van der Waals surface area contributed by atoms with Gasteiger partial charge in [-0.05, 0) is 299 Å². The number of aryl methyl sites for hydroxylation is 4. The number of aliphatic hydroxyl groups excluding tert-OH is 4. The highest BCUT2D eigenvalue weighted by Gasteiger charge is 2.54. The monoisotopic (exact) mass is 1840 g/mol. The topological polar surface area (TPSA) is 210 Å². The van der Waals surface area contributed by atoms with Gasteiger partial charge in [0.15, 0.2) is 0 Å². The SMILES string of the molecule is C=C(N1[C@@H]2CCC[C@H]1CC(O)C2)C(F)(F)c1cc(C(=O)Nc2ccc(F)c(C)c2)ccc1F.C=C(N1[C@@H]2CCC[C@H]1CC(O)C2)C(F)(F)c1cc(C(=O)Nc2ccc(F)c(C)c2)ccc1F.C=C(N1[C@@H]2CC[C@H]1CC(O)C2)C(F)(F)c1cc(C(=O)Nc2ccc(F)c(C)c2)c(F)cc1F.C=C(N1[C@@H]2CC[C@H]1CC(O)C2)C(F)(F)c1cc(F)cc(C(=O)Nc2ccc(F)c(C)c2)c1. The summed E-state index contributed by atoms with van der Waals surface area (Å²) in [4.78, 5) is 56.5. The molecule has 698 valence electrons. The number of carbonyl (C=O) groups excluding carboxylic acids is 4. The maximum absolute atomic E-state index is 15.5. The van der Waals surface area contributed by atoms with Gasteiger partial charge in [0, 0.05) is 99.4 Å². The second kappa shape index (κ2) is 39.1. The van der Waals surface area contributed by atoms with Gasteiger partial charge in [-0.3, -0.25) is 19.2 Å². The van der Waals surface area contributed by atoms with Crippen LogP contribution in [0.25, 0.3) is 0 Å². The normalized spacial score (nSPS) is 22.6. The van der Waals surface area contributed by atoms with E-state index in [1.165, 1.54) is 99.3 Å². The quantitative estimate of drug-likeness (QED) is 0.0335. The number of aliphatic hydroxyl groups is 4. The van der Waals surface area contributed by atoms with E-state index in [4.69, 9.17) is 0 Å². The first-order valence-electron chi connectivity index (χ1n) is 43.0. The molecule has 8 bridgehead atoms. The zero-order chi connectivity index (χ0) is 95.1. The first-order valence-corrected chi connectivity index (χ1v) is 43.0. The molecule has 0 saturated carbocycles. The molecule has 0 aromatic heterocycles. The number of hydrogen-bond donors (Lipinski definition) is 8. The van der Waals surface area contributed by atoms with Gasteiger partial charge in [0.2, 0.25) is 0 Å². The number of fused-ring (bicyclic) bond motifs is 8. The molecule has 8 fully saturated rings. The molecule has 4 unspecified atom stereocenters. The molecule has 131 heavy (non-hydrogen) atoms. The van der Waals surface area contributed by atoms with Gasteiger partial charge in [-0.2, -0.15) is 35.1 Å². The summed E-state index contributed by atoms with van der Waals surface area (Å²) in [5.41, 5.74) is -5.10. The molecule has 8 aliphatic heterocycles. The van der Waals surface area contributed by atoms with E-state index < -0.39 is 175 Å². The van der Waals surface area contributed by atoms with Crippen molar-refractivity contribution < 1.29 is 114 Å². The van der Waals surface area contributed by atoms with Gasteiger partial charge in [-0.25, -0.2) is 39.5 Å². The molecule has 8 N–H and O–H groups in total. The first kappa shape index (κ1) is 97.0. The summed E-state index contributed by atoms with van der Waals surface area (Å²) >= 11 is 0. The Bertz CT molecular complexity index is 5510. The Morgan fingerprint density at radius 2 is 0.565 bits per heavy atom. The molecule has 8 heterocycles. The van der Waals surface area contributed by atoms with Crippen molar-refractivity contribution in [2.45, 2.75) is 240 Å². The Morgan fingerprint density at radius 3 is 0.870 bits per heavy atom. The number of piperidine rings is 6. The maximum Gasteiger partial charge on any atom is 0.314 e. The number of carbonyl (C=O) groups is 4. The molecule has 16 rings (SSSR count). The molecular weight excluding hydrogens is 1740 g/mol. The van der Waals surface area contributed by atoms with E-state index in [2.05, 4.69) is 47.6 Å². The zero-order valence-electron chi connectivity index (χ0n) is 71.9. The standard InChI is InChI=1S/2C25H26F4N2O2.C24H23F5N2O2.C24H24F4N2O2/c2*1-14-10-17(7-9-22(14)26)30-24(33)16-6-8-23(27)21(11-16)25(28,29)15(2)31-18-4-3-5-19(31)13-20(32)12-18;1-12-7-14(3-6-20(12)25)30-23(33)18-10-19(22(27)11-21(18)26)24(28,29)13(2)31-15-4-5-16(31)9-17(32)8-15;1-13-7-18(3-6-22(13)26)29-23(32)15-8-16(10-17(25)9-15)24(27,28)14(2)30-19-4-5-20(30)12-21(31)11-19/h2*6-11,18-20,32H,2-5,12-13H2,1H3,(H,30,33);3,6-7,10-11,15-17,32H,2,4-5,8-9H2,1H3,(H,30,33);3,6-10,19-21,31H,2,4-5,11-12H2,1H3,(H,29,32)/t2*18-,19+,20?;15-,16+,17?;19-,20+,21?. The summed E-state index contributed by atoms with van der Waals surface area (Å²) in [6.07, 6.45) is 7.63. The molecule has 33 heteroatoms. The van der Waals surface area contributed by atoms with Crippen molar-refractivity contribution in [2.24, 2.45) is 0 Å². The Kier molecular flexibility index (Phi) is 28.9. The van der Waals surface area contributed by atoms with E-state index in [1.807, 2.05) is 0 Å². The van der Waals surface area contributed by atoms with Crippen LogP contribution < -0.4 is 21.3 Å². The molecule has 8 aromatic carbocycles. The summed E-state index contributed by atoms with van der Waals surface area (Å²) in [7, 11) is 0. The number of amides is 4. The molecule has 0 spiro atoms. The van der Waals surface area contributed by atoms with Gasteiger partial charge in [0.25, 0.3) is 23.6 Å². The van der Waals surface area contributed by atoms with Gasteiger partial charge < -0.3 is 61.3 Å². The second-order valence-corrected chi connectivity index (χ2v) is 35.1. The summed E-state index contributed by atoms with van der Waals surface area (Å²) < 4.78 is 250. The van der Waals surface area contributed by atoms with Crippen LogP contribution in [0.3, 0.4) is 0 Å². The van der Waals surface area contributed by atoms with E-state index >= 15 is 35.1 Å². The predicted molar refractivity (Wildman–Crippen MR) is 459 cm³/mol. The second-order valence-electron chi connectivity index (χ2n) is 35.1. The number of anilines is 4. The van der Waals surface area contributed by atoms with Crippen LogP contribution in [0.4, 0.5) is 97.4 Å². The zero-order valence-corrected chi connectivity index (χ0v) is 71.9. The largest absolute Gasteiger partial charge is 0.393 e. The van der Waals surface area contributed by atoms with E-state index in [9.17, 15) is 79.1 Å². The highest BCUT2D eigenvalue weighted by molar-refractivity contribution is 6.06. The lowest BCUT2D eigenvalue weighted by Crippen LogP contribution is -2.54. The number of allylic oxidation sites excluding steroid dienone is 4. The highest BCUT2D eigenvalue weighted by Crippen LogP contribution is 2.52. The lowest BCUT2D eigenvalue weighted by molar-refractivity contribution is -0.0602. The Labute approximate surface area is 745 Å². The van der Waals surface area contributed by atoms with Crippen molar-refractivity contribution in [1.82, 2.24) is 19.6 Å². The lowest BCUT2D eigenvalue weighted by Gasteiger charge is -2.51. The summed E-state index contributed by atoms with van der Waals surface area (Å²) in [6.45, 7) is 20.4. The van der Waals surface area contributed by atoms with Crippen molar-refractivity contribution in [2.75, 3.05) is 21.3 Å². The number of nitrogens with zero attached hydrogens (tertiary/aromatic N) is 4. The van der Waals surface area contributed by atoms with Gasteiger partial charge in [0.1, 0.15) is 52.4 Å². The third kappa shape index (κ3) is 21.0. The van der Waals surface area contributed by atoms with Crippen molar-refractivity contribution in [3.8, 4) is 0 Å². The minimum Gasteiger partial charge on any atom is -0.393 e. The van der Waals surface area contributed by atoms with Crippen molar-refractivity contribution >= 4 is 46.4 Å². The van der Waals surface area contributed by atoms with Crippen LogP contribution in [-0.4, -0.2) is 136 Å². The molecule has 16 nitrogen and oxygen atoms in total. The molecule has 0 aliphatic carbocycles.